The first-order valence-corrected chi connectivity index (χ1v) is 6.70. The van der Waals surface area contributed by atoms with Crippen LogP contribution in [0.15, 0.2) is 40.9 Å². The molecule has 0 aliphatic rings. The van der Waals surface area contributed by atoms with Crippen molar-refractivity contribution in [2.75, 3.05) is 11.1 Å². The Hall–Kier alpha value is -1.81. The van der Waals surface area contributed by atoms with E-state index in [2.05, 4.69) is 21.2 Å². The summed E-state index contributed by atoms with van der Waals surface area (Å²) >= 11 is 3.32. The lowest BCUT2D eigenvalue weighted by atomic mass is 10.1. The quantitative estimate of drug-likeness (QED) is 0.825. The highest BCUT2D eigenvalue weighted by atomic mass is 79.9. The van der Waals surface area contributed by atoms with Crippen LogP contribution in [0.3, 0.4) is 0 Å². The molecule has 4 heteroatoms. The van der Waals surface area contributed by atoms with Gasteiger partial charge in [0.15, 0.2) is 0 Å². The van der Waals surface area contributed by atoms with Crippen molar-refractivity contribution in [2.45, 2.75) is 13.8 Å². The Morgan fingerprint density at radius 2 is 1.89 bits per heavy atom. The molecule has 2 rings (SSSR count). The summed E-state index contributed by atoms with van der Waals surface area (Å²) in [6, 6.07) is 11.1. The summed E-state index contributed by atoms with van der Waals surface area (Å²) in [6.45, 7) is 3.93. The number of halogens is 1. The van der Waals surface area contributed by atoms with E-state index >= 15 is 0 Å². The molecule has 2 aromatic carbocycles. The normalized spacial score (nSPS) is 10.3. The van der Waals surface area contributed by atoms with E-state index in [1.165, 1.54) is 0 Å². The van der Waals surface area contributed by atoms with Crippen LogP contribution in [0.1, 0.15) is 21.5 Å². The Kier molecular flexibility index (Phi) is 3.90. The Morgan fingerprint density at radius 3 is 2.53 bits per heavy atom. The van der Waals surface area contributed by atoms with Crippen molar-refractivity contribution in [3.05, 3.63) is 57.6 Å². The van der Waals surface area contributed by atoms with Crippen molar-refractivity contribution in [1.29, 1.82) is 0 Å². The fourth-order valence-corrected chi connectivity index (χ4v) is 2.13. The van der Waals surface area contributed by atoms with Gasteiger partial charge in [-0.3, -0.25) is 4.79 Å². The summed E-state index contributed by atoms with van der Waals surface area (Å²) in [4.78, 5) is 12.2. The summed E-state index contributed by atoms with van der Waals surface area (Å²) in [5, 5.41) is 2.85. The summed E-state index contributed by atoms with van der Waals surface area (Å²) < 4.78 is 0.817. The zero-order chi connectivity index (χ0) is 14.0. The van der Waals surface area contributed by atoms with Gasteiger partial charge in [0.05, 0.1) is 0 Å². The molecule has 1 amide bonds. The maximum Gasteiger partial charge on any atom is 0.255 e. The molecule has 0 unspecified atom stereocenters. The van der Waals surface area contributed by atoms with Crippen LogP contribution < -0.4 is 11.1 Å². The van der Waals surface area contributed by atoms with Crippen molar-refractivity contribution in [3.8, 4) is 0 Å². The van der Waals surface area contributed by atoms with Gasteiger partial charge in [0, 0.05) is 21.4 Å². The highest BCUT2D eigenvalue weighted by molar-refractivity contribution is 9.10. The number of anilines is 2. The number of nitrogens with two attached hydrogens (primary N) is 1. The van der Waals surface area contributed by atoms with Crippen LogP contribution in [-0.4, -0.2) is 5.91 Å². The predicted octanol–water partition coefficient (Wildman–Crippen LogP) is 3.90. The number of nitrogens with one attached hydrogen (secondary N) is 1. The minimum Gasteiger partial charge on any atom is -0.398 e. The molecule has 0 spiro atoms. The van der Waals surface area contributed by atoms with Crippen molar-refractivity contribution < 1.29 is 4.79 Å². The van der Waals surface area contributed by atoms with Gasteiger partial charge >= 0.3 is 0 Å². The van der Waals surface area contributed by atoms with Crippen LogP contribution in [0, 0.1) is 13.8 Å². The van der Waals surface area contributed by atoms with E-state index < -0.39 is 0 Å². The maximum absolute atomic E-state index is 12.2. The molecule has 0 fully saturated rings. The topological polar surface area (TPSA) is 55.1 Å². The molecule has 3 N–H and O–H groups in total. The van der Waals surface area contributed by atoms with Crippen molar-refractivity contribution in [3.63, 3.8) is 0 Å². The number of carbonyl (C=O) groups excluding carboxylic acids is 1. The van der Waals surface area contributed by atoms with Gasteiger partial charge in [0.2, 0.25) is 0 Å². The number of carbonyl (C=O) groups is 1. The van der Waals surface area contributed by atoms with Crippen LogP contribution in [0.2, 0.25) is 0 Å². The van der Waals surface area contributed by atoms with Gasteiger partial charge in [-0.2, -0.15) is 0 Å². The van der Waals surface area contributed by atoms with E-state index in [-0.39, 0.29) is 5.91 Å². The fourth-order valence-electron chi connectivity index (χ4n) is 1.89. The van der Waals surface area contributed by atoms with Crippen molar-refractivity contribution in [1.82, 2.24) is 0 Å². The maximum atomic E-state index is 12.2. The third-order valence-corrected chi connectivity index (χ3v) is 3.60. The van der Waals surface area contributed by atoms with Gasteiger partial charge in [0.1, 0.15) is 0 Å². The number of hydrogen-bond acceptors (Lipinski definition) is 2. The average molecular weight is 319 g/mol. The Bertz CT molecular complexity index is 638. The SMILES string of the molecule is Cc1ccc(C(=O)Nc2ccc(Br)c(N)c2)c(C)c1. The molecule has 0 aliphatic heterocycles. The molecule has 2 aromatic rings. The molecule has 0 radical (unpaired) electrons. The zero-order valence-corrected chi connectivity index (χ0v) is 12.4. The molecule has 0 heterocycles. The van der Waals surface area contributed by atoms with E-state index in [1.54, 1.807) is 6.07 Å². The minimum absolute atomic E-state index is 0.126. The molecule has 0 saturated heterocycles. The summed E-state index contributed by atoms with van der Waals surface area (Å²) in [6.07, 6.45) is 0. The van der Waals surface area contributed by atoms with Gasteiger partial charge in [-0.1, -0.05) is 17.7 Å². The van der Waals surface area contributed by atoms with E-state index in [0.29, 0.717) is 16.9 Å². The second-order valence-electron chi connectivity index (χ2n) is 4.51. The molecule has 98 valence electrons. The van der Waals surface area contributed by atoms with Crippen molar-refractivity contribution in [2.24, 2.45) is 0 Å². The number of hydrogen-bond donors (Lipinski definition) is 2. The van der Waals surface area contributed by atoms with Crippen LogP contribution in [0.4, 0.5) is 11.4 Å². The molecule has 0 aromatic heterocycles. The Labute approximate surface area is 121 Å². The largest absolute Gasteiger partial charge is 0.398 e. The van der Waals surface area contributed by atoms with Gasteiger partial charge in [-0.25, -0.2) is 0 Å². The smallest absolute Gasteiger partial charge is 0.255 e. The lowest BCUT2D eigenvalue weighted by Crippen LogP contribution is -2.13. The van der Waals surface area contributed by atoms with Gasteiger partial charge in [0.25, 0.3) is 5.91 Å². The zero-order valence-electron chi connectivity index (χ0n) is 10.8. The number of benzene rings is 2. The summed E-state index contributed by atoms with van der Waals surface area (Å²) in [5.74, 6) is -0.126. The number of rotatable bonds is 2. The molecule has 0 aliphatic carbocycles. The molecule has 0 bridgehead atoms. The highest BCUT2D eigenvalue weighted by Gasteiger charge is 2.09. The second-order valence-corrected chi connectivity index (χ2v) is 5.36. The van der Waals surface area contributed by atoms with Crippen LogP contribution >= 0.6 is 15.9 Å². The lowest BCUT2D eigenvalue weighted by molar-refractivity contribution is 0.102. The van der Waals surface area contributed by atoms with Crippen LogP contribution in [0.25, 0.3) is 0 Å². The number of amides is 1. The van der Waals surface area contributed by atoms with E-state index in [9.17, 15) is 4.79 Å². The van der Waals surface area contributed by atoms with Crippen molar-refractivity contribution >= 4 is 33.2 Å². The van der Waals surface area contributed by atoms with Crippen LogP contribution in [0.5, 0.6) is 0 Å². The predicted molar refractivity (Wildman–Crippen MR) is 82.4 cm³/mol. The summed E-state index contributed by atoms with van der Waals surface area (Å²) in [7, 11) is 0. The van der Waals surface area contributed by atoms with Gasteiger partial charge < -0.3 is 11.1 Å². The van der Waals surface area contributed by atoms with Crippen LogP contribution in [-0.2, 0) is 0 Å². The first-order valence-electron chi connectivity index (χ1n) is 5.91. The van der Waals surface area contributed by atoms with E-state index in [0.717, 1.165) is 15.6 Å². The van der Waals surface area contributed by atoms with Gasteiger partial charge in [-0.05, 0) is 59.6 Å². The third-order valence-electron chi connectivity index (χ3n) is 2.88. The molecular weight excluding hydrogens is 304 g/mol. The van der Waals surface area contributed by atoms with E-state index in [1.807, 2.05) is 44.2 Å². The number of nitrogen functional groups attached to an aromatic ring is 1. The van der Waals surface area contributed by atoms with E-state index in [4.69, 9.17) is 5.73 Å². The Morgan fingerprint density at radius 1 is 1.16 bits per heavy atom. The monoisotopic (exact) mass is 318 g/mol. The summed E-state index contributed by atoms with van der Waals surface area (Å²) in [5.41, 5.74) is 9.84. The molecule has 0 atom stereocenters. The van der Waals surface area contributed by atoms with Gasteiger partial charge in [-0.15, -0.1) is 0 Å². The average Bonchev–Trinajstić information content (AvgIpc) is 2.33. The minimum atomic E-state index is -0.126. The first kappa shape index (κ1) is 13.6. The standard InChI is InChI=1S/C15H15BrN2O/c1-9-3-5-12(10(2)7-9)15(19)18-11-4-6-13(16)14(17)8-11/h3-8H,17H2,1-2H3,(H,18,19). The lowest BCUT2D eigenvalue weighted by Gasteiger charge is -2.09. The molecule has 19 heavy (non-hydrogen) atoms. The fraction of sp³-hybridized carbons (Fsp3) is 0.133. The third kappa shape index (κ3) is 3.15. The molecule has 0 saturated carbocycles. The Balaban J connectivity index is 2.23. The number of aryl methyl sites for hydroxylation is 2. The first-order chi connectivity index (χ1) is 8.97. The molecule has 3 nitrogen and oxygen atoms in total. The highest BCUT2D eigenvalue weighted by Crippen LogP contribution is 2.23. The second kappa shape index (κ2) is 5.45. The molecular formula is C15H15BrN2O.